The number of benzene rings is 1. The molecule has 5 heteroatoms. The number of amides is 1. The van der Waals surface area contributed by atoms with Crippen LogP contribution in [-0.4, -0.2) is 30.5 Å². The largest absolute Gasteiger partial charge is 0.352 e. The summed E-state index contributed by atoms with van der Waals surface area (Å²) in [6, 6.07) is 12.8. The molecule has 0 aliphatic carbocycles. The van der Waals surface area contributed by atoms with Gasteiger partial charge >= 0.3 is 0 Å². The van der Waals surface area contributed by atoms with Crippen LogP contribution in [0.15, 0.2) is 42.6 Å². The van der Waals surface area contributed by atoms with Gasteiger partial charge in [-0.1, -0.05) is 12.1 Å². The summed E-state index contributed by atoms with van der Waals surface area (Å²) in [6.07, 6.45) is 3.84. The lowest BCUT2D eigenvalue weighted by Gasteiger charge is -2.22. The van der Waals surface area contributed by atoms with E-state index in [1.54, 1.807) is 30.5 Å². The highest BCUT2D eigenvalue weighted by molar-refractivity contribution is 5.94. The maximum atomic E-state index is 12.3. The lowest BCUT2D eigenvalue weighted by atomic mass is 9.98. The Hall–Kier alpha value is -2.71. The minimum Gasteiger partial charge on any atom is -0.352 e. The number of nitriles is 1. The number of piperidine rings is 1. The maximum absolute atomic E-state index is 12.3. The van der Waals surface area contributed by atoms with Crippen LogP contribution < -0.4 is 10.6 Å². The van der Waals surface area contributed by atoms with Gasteiger partial charge in [0.1, 0.15) is 0 Å². The van der Waals surface area contributed by atoms with Gasteiger partial charge in [-0.3, -0.25) is 9.78 Å². The minimum absolute atomic E-state index is 0.0428. The van der Waals surface area contributed by atoms with E-state index in [4.69, 9.17) is 5.26 Å². The third kappa shape index (κ3) is 3.98. The Kier molecular flexibility index (Phi) is 5.19. The van der Waals surface area contributed by atoms with Crippen molar-refractivity contribution in [1.29, 1.82) is 5.26 Å². The molecule has 1 fully saturated rings. The van der Waals surface area contributed by atoms with E-state index in [0.717, 1.165) is 43.7 Å². The lowest BCUT2D eigenvalue weighted by Crippen LogP contribution is -2.35. The van der Waals surface area contributed by atoms with Crippen LogP contribution >= 0.6 is 0 Å². The van der Waals surface area contributed by atoms with Crippen LogP contribution in [0.4, 0.5) is 0 Å². The quantitative estimate of drug-likeness (QED) is 0.906. The number of nitrogens with zero attached hydrogens (tertiary/aromatic N) is 2. The Bertz CT molecular complexity index is 743. The SMILES string of the molecule is N#Cc1ccnc(-c2ccc(C(=O)NCC3CCNCC3)cc2)c1. The molecule has 0 radical (unpaired) electrons. The molecule has 0 unspecified atom stereocenters. The number of nitrogens with one attached hydrogen (secondary N) is 2. The first-order chi connectivity index (χ1) is 11.8. The van der Waals surface area contributed by atoms with Gasteiger partial charge in [0.05, 0.1) is 17.3 Å². The predicted octanol–water partition coefficient (Wildman–Crippen LogP) is 2.35. The molecule has 2 aromatic rings. The average molecular weight is 320 g/mol. The van der Waals surface area contributed by atoms with Crippen LogP contribution in [0.25, 0.3) is 11.3 Å². The molecule has 2 N–H and O–H groups in total. The number of aromatic nitrogens is 1. The fourth-order valence-corrected chi connectivity index (χ4v) is 2.88. The summed E-state index contributed by atoms with van der Waals surface area (Å²) in [5.41, 5.74) is 2.84. The van der Waals surface area contributed by atoms with Crippen molar-refractivity contribution in [3.8, 4) is 17.3 Å². The summed E-state index contributed by atoms with van der Waals surface area (Å²) < 4.78 is 0. The summed E-state index contributed by atoms with van der Waals surface area (Å²) in [5, 5.41) is 15.3. The molecule has 5 nitrogen and oxygen atoms in total. The fourth-order valence-electron chi connectivity index (χ4n) is 2.88. The summed E-state index contributed by atoms with van der Waals surface area (Å²) in [7, 11) is 0. The molecule has 2 heterocycles. The van der Waals surface area contributed by atoms with Crippen molar-refractivity contribution in [2.75, 3.05) is 19.6 Å². The first kappa shape index (κ1) is 16.2. The van der Waals surface area contributed by atoms with Crippen LogP contribution in [-0.2, 0) is 0 Å². The van der Waals surface area contributed by atoms with Crippen molar-refractivity contribution < 1.29 is 4.79 Å². The Balaban J connectivity index is 1.63. The standard InChI is InChI=1S/C19H20N4O/c20-12-15-7-10-22-18(11-15)16-1-3-17(4-2-16)19(24)23-13-14-5-8-21-9-6-14/h1-4,7,10-11,14,21H,5-6,8-9,13H2,(H,23,24). The topological polar surface area (TPSA) is 77.8 Å². The molecule has 1 aliphatic heterocycles. The molecule has 122 valence electrons. The maximum Gasteiger partial charge on any atom is 0.251 e. The van der Waals surface area contributed by atoms with Gasteiger partial charge in [-0.05, 0) is 56.1 Å². The Morgan fingerprint density at radius 1 is 1.25 bits per heavy atom. The normalized spacial score (nSPS) is 14.8. The number of rotatable bonds is 4. The zero-order chi connectivity index (χ0) is 16.8. The van der Waals surface area contributed by atoms with E-state index in [-0.39, 0.29) is 5.91 Å². The molecule has 0 spiro atoms. The Morgan fingerprint density at radius 2 is 2.00 bits per heavy atom. The lowest BCUT2D eigenvalue weighted by molar-refractivity contribution is 0.0944. The second-order valence-electron chi connectivity index (χ2n) is 6.02. The average Bonchev–Trinajstić information content (AvgIpc) is 2.67. The van der Waals surface area contributed by atoms with Crippen molar-refractivity contribution in [3.05, 3.63) is 53.7 Å². The Labute approximate surface area is 141 Å². The van der Waals surface area contributed by atoms with Crippen LogP contribution in [0.3, 0.4) is 0 Å². The van der Waals surface area contributed by atoms with E-state index in [1.807, 2.05) is 12.1 Å². The number of carbonyl (C=O) groups excluding carboxylic acids is 1. The van der Waals surface area contributed by atoms with Crippen LogP contribution in [0.2, 0.25) is 0 Å². The molecule has 1 amide bonds. The molecule has 1 aliphatic rings. The van der Waals surface area contributed by atoms with Crippen molar-refractivity contribution in [2.24, 2.45) is 5.92 Å². The van der Waals surface area contributed by atoms with Gasteiger partial charge in [-0.2, -0.15) is 5.26 Å². The van der Waals surface area contributed by atoms with Gasteiger partial charge in [-0.15, -0.1) is 0 Å². The summed E-state index contributed by atoms with van der Waals surface area (Å²) >= 11 is 0. The zero-order valence-corrected chi connectivity index (χ0v) is 13.5. The molecule has 1 saturated heterocycles. The molecule has 3 rings (SSSR count). The molecule has 0 bridgehead atoms. The molecule has 0 atom stereocenters. The second kappa shape index (κ2) is 7.71. The van der Waals surface area contributed by atoms with Gasteiger partial charge in [0.15, 0.2) is 0 Å². The summed E-state index contributed by atoms with van der Waals surface area (Å²) in [6.45, 7) is 2.79. The van der Waals surface area contributed by atoms with Crippen LogP contribution in [0.1, 0.15) is 28.8 Å². The molecule has 0 saturated carbocycles. The third-order valence-corrected chi connectivity index (χ3v) is 4.34. The highest BCUT2D eigenvalue weighted by Crippen LogP contribution is 2.18. The summed E-state index contributed by atoms with van der Waals surface area (Å²) in [5.74, 6) is 0.520. The van der Waals surface area contributed by atoms with E-state index in [9.17, 15) is 4.79 Å². The number of pyridine rings is 1. The van der Waals surface area contributed by atoms with Crippen molar-refractivity contribution in [1.82, 2.24) is 15.6 Å². The van der Waals surface area contributed by atoms with Crippen molar-refractivity contribution in [3.63, 3.8) is 0 Å². The number of hydrogen-bond acceptors (Lipinski definition) is 4. The minimum atomic E-state index is -0.0428. The van der Waals surface area contributed by atoms with Gasteiger partial charge < -0.3 is 10.6 Å². The molecule has 1 aromatic carbocycles. The molecular formula is C19H20N4O. The first-order valence-electron chi connectivity index (χ1n) is 8.22. The van der Waals surface area contributed by atoms with Gasteiger partial charge in [0, 0.05) is 23.9 Å². The van der Waals surface area contributed by atoms with Crippen molar-refractivity contribution in [2.45, 2.75) is 12.8 Å². The molecule has 24 heavy (non-hydrogen) atoms. The van der Waals surface area contributed by atoms with Crippen LogP contribution in [0, 0.1) is 17.2 Å². The van der Waals surface area contributed by atoms with E-state index in [0.29, 0.717) is 17.0 Å². The van der Waals surface area contributed by atoms with Crippen LogP contribution in [0.5, 0.6) is 0 Å². The summed E-state index contributed by atoms with van der Waals surface area (Å²) in [4.78, 5) is 16.5. The van der Waals surface area contributed by atoms with E-state index >= 15 is 0 Å². The van der Waals surface area contributed by atoms with Gasteiger partial charge in [0.2, 0.25) is 0 Å². The van der Waals surface area contributed by atoms with E-state index in [1.165, 1.54) is 0 Å². The molecular weight excluding hydrogens is 300 g/mol. The monoisotopic (exact) mass is 320 g/mol. The van der Waals surface area contributed by atoms with E-state index < -0.39 is 0 Å². The molecule has 1 aromatic heterocycles. The number of hydrogen-bond donors (Lipinski definition) is 2. The Morgan fingerprint density at radius 3 is 2.71 bits per heavy atom. The van der Waals surface area contributed by atoms with Gasteiger partial charge in [-0.25, -0.2) is 0 Å². The fraction of sp³-hybridized carbons (Fsp3) is 0.316. The smallest absolute Gasteiger partial charge is 0.251 e. The number of carbonyl (C=O) groups is 1. The first-order valence-corrected chi connectivity index (χ1v) is 8.22. The predicted molar refractivity (Wildman–Crippen MR) is 92.3 cm³/mol. The highest BCUT2D eigenvalue weighted by Gasteiger charge is 2.14. The van der Waals surface area contributed by atoms with E-state index in [2.05, 4.69) is 21.7 Å². The van der Waals surface area contributed by atoms with Gasteiger partial charge in [0.25, 0.3) is 5.91 Å². The van der Waals surface area contributed by atoms with Crippen molar-refractivity contribution >= 4 is 5.91 Å². The third-order valence-electron chi connectivity index (χ3n) is 4.34. The zero-order valence-electron chi connectivity index (χ0n) is 13.5. The second-order valence-corrected chi connectivity index (χ2v) is 6.02. The highest BCUT2D eigenvalue weighted by atomic mass is 16.1.